The third-order valence-electron chi connectivity index (χ3n) is 4.87. The number of pyridine rings is 1. The number of anilines is 2. The summed E-state index contributed by atoms with van der Waals surface area (Å²) in [7, 11) is 1.30. The first kappa shape index (κ1) is 19.8. The van der Waals surface area contributed by atoms with E-state index in [2.05, 4.69) is 20.4 Å². The van der Waals surface area contributed by atoms with Crippen molar-refractivity contribution in [2.24, 2.45) is 5.73 Å². The summed E-state index contributed by atoms with van der Waals surface area (Å²) in [4.78, 5) is 28.4. The minimum atomic E-state index is -0.565. The van der Waals surface area contributed by atoms with Crippen molar-refractivity contribution in [3.05, 3.63) is 42.2 Å². The fraction of sp³-hybridized carbons (Fsp3) is 0.381. The van der Waals surface area contributed by atoms with E-state index in [1.54, 1.807) is 18.3 Å². The summed E-state index contributed by atoms with van der Waals surface area (Å²) in [6, 6.07) is 9.11. The predicted molar refractivity (Wildman–Crippen MR) is 109 cm³/mol. The van der Waals surface area contributed by atoms with Gasteiger partial charge in [-0.05, 0) is 42.7 Å². The van der Waals surface area contributed by atoms with Gasteiger partial charge in [0.05, 0.1) is 18.5 Å². The van der Waals surface area contributed by atoms with Gasteiger partial charge in [-0.3, -0.25) is 15.1 Å². The van der Waals surface area contributed by atoms with E-state index < -0.39 is 6.09 Å². The van der Waals surface area contributed by atoms with Crippen LogP contribution in [0.2, 0.25) is 0 Å². The van der Waals surface area contributed by atoms with Crippen molar-refractivity contribution in [1.29, 1.82) is 0 Å². The first-order valence-electron chi connectivity index (χ1n) is 9.57. The fourth-order valence-corrected chi connectivity index (χ4v) is 3.33. The van der Waals surface area contributed by atoms with Crippen molar-refractivity contribution < 1.29 is 14.3 Å². The van der Waals surface area contributed by atoms with Crippen molar-refractivity contribution in [2.75, 3.05) is 17.7 Å². The van der Waals surface area contributed by atoms with Gasteiger partial charge in [-0.2, -0.15) is 0 Å². The maximum Gasteiger partial charge on any atom is 0.411 e. The fourth-order valence-electron chi connectivity index (χ4n) is 3.33. The van der Waals surface area contributed by atoms with Crippen LogP contribution < -0.4 is 16.4 Å². The van der Waals surface area contributed by atoms with Gasteiger partial charge in [-0.15, -0.1) is 0 Å². The summed E-state index contributed by atoms with van der Waals surface area (Å²) in [5, 5.41) is 5.61. The van der Waals surface area contributed by atoms with Crippen molar-refractivity contribution in [1.82, 2.24) is 4.98 Å². The molecule has 2 bridgehead atoms. The van der Waals surface area contributed by atoms with Gasteiger partial charge in [-0.1, -0.05) is 25.3 Å². The Morgan fingerprint density at radius 1 is 1.21 bits per heavy atom. The number of fused-ring (bicyclic) bond motifs is 4. The molecule has 7 nitrogen and oxygen atoms in total. The maximum absolute atomic E-state index is 12.4. The Labute approximate surface area is 164 Å². The molecular formula is C21H26N4O3. The highest BCUT2D eigenvalue weighted by Crippen LogP contribution is 2.32. The number of nitrogens with one attached hydrogen (secondary N) is 2. The molecule has 1 aromatic carbocycles. The zero-order chi connectivity index (χ0) is 19.9. The molecule has 1 aromatic heterocycles. The van der Waals surface area contributed by atoms with Crippen LogP contribution in [0, 0.1) is 0 Å². The van der Waals surface area contributed by atoms with Gasteiger partial charge in [0.25, 0.3) is 0 Å². The third-order valence-corrected chi connectivity index (χ3v) is 4.87. The molecule has 2 amide bonds. The van der Waals surface area contributed by atoms with E-state index in [1.807, 2.05) is 18.2 Å². The molecule has 0 radical (unpaired) electrons. The highest BCUT2D eigenvalue weighted by molar-refractivity contribution is 5.97. The number of benzene rings is 1. The lowest BCUT2D eigenvalue weighted by molar-refractivity contribution is -0.116. The molecule has 1 aliphatic rings. The lowest BCUT2D eigenvalue weighted by Gasteiger charge is -2.17. The number of carbonyl (C=O) groups is 2. The van der Waals surface area contributed by atoms with Gasteiger partial charge in [0.15, 0.2) is 0 Å². The van der Waals surface area contributed by atoms with E-state index in [1.165, 1.54) is 7.11 Å². The Hall–Kier alpha value is -2.93. The summed E-state index contributed by atoms with van der Waals surface area (Å²) in [6.45, 7) is 0. The summed E-state index contributed by atoms with van der Waals surface area (Å²) >= 11 is 0. The van der Waals surface area contributed by atoms with Gasteiger partial charge in [0.2, 0.25) is 5.91 Å². The molecule has 0 fully saturated rings. The molecule has 0 unspecified atom stereocenters. The Morgan fingerprint density at radius 2 is 2.04 bits per heavy atom. The minimum Gasteiger partial charge on any atom is -0.453 e. The van der Waals surface area contributed by atoms with Crippen LogP contribution in [0.15, 0.2) is 36.5 Å². The molecule has 148 valence electrons. The Bertz CT molecular complexity index is 853. The van der Waals surface area contributed by atoms with Gasteiger partial charge in [0.1, 0.15) is 0 Å². The molecule has 28 heavy (non-hydrogen) atoms. The second-order valence-electron chi connectivity index (χ2n) is 6.95. The highest BCUT2D eigenvalue weighted by atomic mass is 16.5. The zero-order valence-corrected chi connectivity index (χ0v) is 16.0. The van der Waals surface area contributed by atoms with Crippen molar-refractivity contribution in [2.45, 2.75) is 44.6 Å². The summed E-state index contributed by atoms with van der Waals surface area (Å²) in [6.07, 6.45) is 6.40. The summed E-state index contributed by atoms with van der Waals surface area (Å²) in [5.41, 5.74) is 10.1. The number of nitrogens with two attached hydrogens (primary N) is 1. The van der Waals surface area contributed by atoms with Crippen LogP contribution in [-0.4, -0.2) is 24.1 Å². The third kappa shape index (κ3) is 5.07. The SMILES string of the molecule is COC(=O)Nc1ccc2c(c1)NC(=O)CCCCCC[C@H](N)c1cc-2ccn1. The van der Waals surface area contributed by atoms with E-state index in [4.69, 9.17) is 5.73 Å². The van der Waals surface area contributed by atoms with Crippen molar-refractivity contribution in [3.63, 3.8) is 0 Å². The average Bonchev–Trinajstić information content (AvgIpc) is 2.70. The molecule has 1 aliphatic heterocycles. The molecule has 7 heteroatoms. The molecular weight excluding hydrogens is 356 g/mol. The van der Waals surface area contributed by atoms with Crippen LogP contribution in [0.3, 0.4) is 0 Å². The number of aromatic nitrogens is 1. The Morgan fingerprint density at radius 3 is 2.86 bits per heavy atom. The molecule has 1 atom stereocenters. The first-order valence-corrected chi connectivity index (χ1v) is 9.57. The predicted octanol–water partition coefficient (Wildman–Crippen LogP) is 4.22. The summed E-state index contributed by atoms with van der Waals surface area (Å²) < 4.78 is 4.64. The van der Waals surface area contributed by atoms with Crippen LogP contribution in [-0.2, 0) is 9.53 Å². The first-order chi connectivity index (χ1) is 13.6. The number of hydrogen-bond donors (Lipinski definition) is 3. The number of amides is 2. The highest BCUT2D eigenvalue weighted by Gasteiger charge is 2.15. The van der Waals surface area contributed by atoms with Crippen LogP contribution in [0.25, 0.3) is 11.1 Å². The molecule has 0 saturated heterocycles. The van der Waals surface area contributed by atoms with Gasteiger partial charge < -0.3 is 15.8 Å². The van der Waals surface area contributed by atoms with E-state index in [-0.39, 0.29) is 11.9 Å². The van der Waals surface area contributed by atoms with Crippen LogP contribution >= 0.6 is 0 Å². The van der Waals surface area contributed by atoms with Gasteiger partial charge in [0, 0.05) is 29.9 Å². The zero-order valence-electron chi connectivity index (χ0n) is 16.0. The van der Waals surface area contributed by atoms with Crippen LogP contribution in [0.1, 0.15) is 50.3 Å². The Balaban J connectivity index is 2.01. The lowest BCUT2D eigenvalue weighted by atomic mass is 9.98. The van der Waals surface area contributed by atoms with Gasteiger partial charge >= 0.3 is 6.09 Å². The molecule has 4 N–H and O–H groups in total. The molecule has 3 rings (SSSR count). The monoisotopic (exact) mass is 382 g/mol. The molecule has 2 aromatic rings. The minimum absolute atomic E-state index is 0.0421. The van der Waals surface area contributed by atoms with E-state index in [9.17, 15) is 9.59 Å². The largest absolute Gasteiger partial charge is 0.453 e. The number of hydrogen-bond acceptors (Lipinski definition) is 5. The average molecular weight is 382 g/mol. The van der Waals surface area contributed by atoms with Crippen molar-refractivity contribution >= 4 is 23.4 Å². The molecule has 0 aliphatic carbocycles. The van der Waals surface area contributed by atoms with Gasteiger partial charge in [-0.25, -0.2) is 4.79 Å². The number of nitrogens with zero attached hydrogens (tertiary/aromatic N) is 1. The number of methoxy groups -OCH3 is 1. The Kier molecular flexibility index (Phi) is 6.60. The molecule has 0 saturated carbocycles. The standard InChI is InChI=1S/C21H26N4O3/c1-28-21(27)24-15-8-9-16-14-10-11-23-19(12-14)17(22)6-4-2-3-5-7-20(26)25-18(16)13-15/h8-13,17H,2-7,22H2,1H3,(H,24,27)(H,25,26)/t17-/m0/s1. The van der Waals surface area contributed by atoms with E-state index >= 15 is 0 Å². The lowest BCUT2D eigenvalue weighted by Crippen LogP contribution is -2.15. The van der Waals surface area contributed by atoms with E-state index in [0.29, 0.717) is 17.8 Å². The van der Waals surface area contributed by atoms with E-state index in [0.717, 1.165) is 48.9 Å². The molecule has 0 spiro atoms. The van der Waals surface area contributed by atoms with Crippen molar-refractivity contribution in [3.8, 4) is 11.1 Å². The topological polar surface area (TPSA) is 106 Å². The number of ether oxygens (including phenoxy) is 1. The number of carbonyl (C=O) groups excluding carboxylic acids is 2. The summed E-state index contributed by atoms with van der Waals surface area (Å²) in [5.74, 6) is -0.0421. The molecule has 2 heterocycles. The second kappa shape index (κ2) is 9.32. The smallest absolute Gasteiger partial charge is 0.411 e. The quantitative estimate of drug-likeness (QED) is 0.685. The second-order valence-corrected chi connectivity index (χ2v) is 6.95. The maximum atomic E-state index is 12.4. The normalized spacial score (nSPS) is 17.6. The van der Waals surface area contributed by atoms with Crippen LogP contribution in [0.4, 0.5) is 16.2 Å². The number of rotatable bonds is 1. The van der Waals surface area contributed by atoms with Crippen LogP contribution in [0.5, 0.6) is 0 Å².